The van der Waals surface area contributed by atoms with E-state index in [2.05, 4.69) is 32.0 Å². The smallest absolute Gasteiger partial charge is 0.119 e. The van der Waals surface area contributed by atoms with E-state index in [1.54, 1.807) is 0 Å². The van der Waals surface area contributed by atoms with Gasteiger partial charge in [-0.1, -0.05) is 56.7 Å². The molecule has 2 aromatic carbocycles. The Kier molecular flexibility index (Phi) is 4.62. The number of hydrogen-bond acceptors (Lipinski definition) is 1. The van der Waals surface area contributed by atoms with E-state index >= 15 is 0 Å². The highest BCUT2D eigenvalue weighted by atomic mass is 16.3. The summed E-state index contributed by atoms with van der Waals surface area (Å²) in [6, 6.07) is 16.3. The maximum atomic E-state index is 10.1. The van der Waals surface area contributed by atoms with Crippen LogP contribution in [0.5, 0.6) is 5.75 Å². The van der Waals surface area contributed by atoms with Gasteiger partial charge in [0.2, 0.25) is 0 Å². The van der Waals surface area contributed by atoms with Crippen molar-refractivity contribution in [3.8, 4) is 16.9 Å². The Labute approximate surface area is 115 Å². The molecule has 1 atom stereocenters. The molecule has 0 heterocycles. The van der Waals surface area contributed by atoms with Gasteiger partial charge in [-0.25, -0.2) is 0 Å². The Morgan fingerprint density at radius 3 is 2.32 bits per heavy atom. The van der Waals surface area contributed by atoms with Crippen LogP contribution in [0, 0.1) is 0 Å². The molecule has 1 unspecified atom stereocenters. The predicted octanol–water partition coefficient (Wildman–Crippen LogP) is 5.35. The minimum atomic E-state index is 0.431. The summed E-state index contributed by atoms with van der Waals surface area (Å²) in [4.78, 5) is 0. The molecular formula is C18H22O. The van der Waals surface area contributed by atoms with Gasteiger partial charge < -0.3 is 5.11 Å². The second-order valence-electron chi connectivity index (χ2n) is 5.03. The normalized spacial score (nSPS) is 12.3. The van der Waals surface area contributed by atoms with Crippen LogP contribution in [-0.4, -0.2) is 5.11 Å². The van der Waals surface area contributed by atoms with E-state index in [0.717, 1.165) is 24.8 Å². The molecule has 0 saturated carbocycles. The standard InChI is InChI=1S/C18H22O/c1-3-8-14(4-2)17-13-16(11-12-18(17)19)15-9-6-5-7-10-15/h5-7,9-14,19H,3-4,8H2,1-2H3. The molecule has 0 amide bonds. The van der Waals surface area contributed by atoms with Gasteiger partial charge in [0, 0.05) is 0 Å². The van der Waals surface area contributed by atoms with Crippen molar-refractivity contribution in [3.05, 3.63) is 54.1 Å². The first kappa shape index (κ1) is 13.7. The third-order valence-corrected chi connectivity index (χ3v) is 3.70. The first-order valence-electron chi connectivity index (χ1n) is 7.14. The van der Waals surface area contributed by atoms with Gasteiger partial charge in [0.1, 0.15) is 5.75 Å². The summed E-state index contributed by atoms with van der Waals surface area (Å²) < 4.78 is 0. The predicted molar refractivity (Wildman–Crippen MR) is 81.5 cm³/mol. The van der Waals surface area contributed by atoms with Crippen LogP contribution in [0.1, 0.15) is 44.6 Å². The Hall–Kier alpha value is -1.76. The van der Waals surface area contributed by atoms with Crippen molar-refractivity contribution in [1.82, 2.24) is 0 Å². The zero-order chi connectivity index (χ0) is 13.7. The van der Waals surface area contributed by atoms with Crippen LogP contribution in [0.2, 0.25) is 0 Å². The Morgan fingerprint density at radius 1 is 0.947 bits per heavy atom. The average Bonchev–Trinajstić information content (AvgIpc) is 2.46. The fourth-order valence-electron chi connectivity index (χ4n) is 2.62. The molecule has 19 heavy (non-hydrogen) atoms. The molecule has 0 aliphatic heterocycles. The van der Waals surface area contributed by atoms with Crippen molar-refractivity contribution < 1.29 is 5.11 Å². The Morgan fingerprint density at radius 2 is 1.68 bits per heavy atom. The van der Waals surface area contributed by atoms with E-state index in [9.17, 15) is 5.11 Å². The topological polar surface area (TPSA) is 20.2 Å². The molecule has 0 bridgehead atoms. The lowest BCUT2D eigenvalue weighted by atomic mass is 9.89. The summed E-state index contributed by atoms with van der Waals surface area (Å²) in [5.74, 6) is 0.883. The van der Waals surface area contributed by atoms with Gasteiger partial charge in [-0.15, -0.1) is 0 Å². The zero-order valence-electron chi connectivity index (χ0n) is 11.8. The van der Waals surface area contributed by atoms with Gasteiger partial charge in [-0.3, -0.25) is 0 Å². The number of phenols is 1. The third kappa shape index (κ3) is 3.17. The second-order valence-corrected chi connectivity index (χ2v) is 5.03. The van der Waals surface area contributed by atoms with Crippen molar-refractivity contribution >= 4 is 0 Å². The maximum Gasteiger partial charge on any atom is 0.119 e. The molecule has 1 N–H and O–H groups in total. The largest absolute Gasteiger partial charge is 0.508 e. The molecule has 2 aromatic rings. The van der Waals surface area contributed by atoms with Crippen molar-refractivity contribution in [2.75, 3.05) is 0 Å². The molecule has 2 rings (SSSR count). The molecule has 0 aliphatic carbocycles. The van der Waals surface area contributed by atoms with E-state index in [1.165, 1.54) is 11.1 Å². The van der Waals surface area contributed by atoms with Crippen LogP contribution in [0.15, 0.2) is 48.5 Å². The van der Waals surface area contributed by atoms with Crippen LogP contribution < -0.4 is 0 Å². The van der Waals surface area contributed by atoms with Crippen LogP contribution in [0.4, 0.5) is 0 Å². The lowest BCUT2D eigenvalue weighted by Crippen LogP contribution is -1.98. The second kappa shape index (κ2) is 6.42. The van der Waals surface area contributed by atoms with Gasteiger partial charge in [0.05, 0.1) is 0 Å². The average molecular weight is 254 g/mol. The van der Waals surface area contributed by atoms with Crippen LogP contribution in [-0.2, 0) is 0 Å². The summed E-state index contributed by atoms with van der Waals surface area (Å²) in [7, 11) is 0. The van der Waals surface area contributed by atoms with Crippen LogP contribution >= 0.6 is 0 Å². The fraction of sp³-hybridized carbons (Fsp3) is 0.333. The van der Waals surface area contributed by atoms with Gasteiger partial charge in [0.25, 0.3) is 0 Å². The van der Waals surface area contributed by atoms with E-state index in [-0.39, 0.29) is 0 Å². The highest BCUT2D eigenvalue weighted by molar-refractivity contribution is 5.65. The van der Waals surface area contributed by atoms with E-state index in [1.807, 2.05) is 30.3 Å². The molecule has 0 saturated heterocycles. The SMILES string of the molecule is CCCC(CC)c1cc(-c2ccccc2)ccc1O. The molecule has 1 heteroatoms. The fourth-order valence-corrected chi connectivity index (χ4v) is 2.62. The Balaban J connectivity index is 2.39. The van der Waals surface area contributed by atoms with Gasteiger partial charge >= 0.3 is 0 Å². The van der Waals surface area contributed by atoms with Gasteiger partial charge in [0.15, 0.2) is 0 Å². The molecule has 0 spiro atoms. The highest BCUT2D eigenvalue weighted by Gasteiger charge is 2.13. The summed E-state index contributed by atoms with van der Waals surface area (Å²) in [5.41, 5.74) is 3.48. The number of rotatable bonds is 5. The van der Waals surface area contributed by atoms with Gasteiger partial charge in [-0.2, -0.15) is 0 Å². The summed E-state index contributed by atoms with van der Waals surface area (Å²) >= 11 is 0. The highest BCUT2D eigenvalue weighted by Crippen LogP contribution is 2.34. The lowest BCUT2D eigenvalue weighted by Gasteiger charge is -2.17. The third-order valence-electron chi connectivity index (χ3n) is 3.70. The molecule has 0 aromatic heterocycles. The monoisotopic (exact) mass is 254 g/mol. The van der Waals surface area contributed by atoms with Crippen LogP contribution in [0.3, 0.4) is 0 Å². The molecule has 1 nitrogen and oxygen atoms in total. The number of hydrogen-bond donors (Lipinski definition) is 1. The van der Waals surface area contributed by atoms with E-state index in [4.69, 9.17) is 0 Å². The molecular weight excluding hydrogens is 232 g/mol. The quantitative estimate of drug-likeness (QED) is 0.762. The number of benzene rings is 2. The van der Waals surface area contributed by atoms with Crippen LogP contribution in [0.25, 0.3) is 11.1 Å². The molecule has 100 valence electrons. The molecule has 0 fully saturated rings. The first-order valence-corrected chi connectivity index (χ1v) is 7.14. The van der Waals surface area contributed by atoms with Gasteiger partial charge in [-0.05, 0) is 47.6 Å². The Bertz CT molecular complexity index is 516. The summed E-state index contributed by atoms with van der Waals surface area (Å²) in [5, 5.41) is 10.1. The minimum Gasteiger partial charge on any atom is -0.508 e. The number of phenolic OH excluding ortho intramolecular Hbond substituents is 1. The van der Waals surface area contributed by atoms with Crippen molar-refractivity contribution in [3.63, 3.8) is 0 Å². The van der Waals surface area contributed by atoms with Crippen molar-refractivity contribution in [1.29, 1.82) is 0 Å². The van der Waals surface area contributed by atoms with Crippen molar-refractivity contribution in [2.45, 2.75) is 39.0 Å². The molecule has 0 radical (unpaired) electrons. The zero-order valence-corrected chi connectivity index (χ0v) is 11.8. The summed E-state index contributed by atoms with van der Waals surface area (Å²) in [6.45, 7) is 4.38. The minimum absolute atomic E-state index is 0.431. The number of aromatic hydroxyl groups is 1. The lowest BCUT2D eigenvalue weighted by molar-refractivity contribution is 0.454. The van der Waals surface area contributed by atoms with Crippen molar-refractivity contribution in [2.24, 2.45) is 0 Å². The van der Waals surface area contributed by atoms with E-state index < -0.39 is 0 Å². The van der Waals surface area contributed by atoms with E-state index in [0.29, 0.717) is 11.7 Å². The first-order chi connectivity index (χ1) is 9.26. The summed E-state index contributed by atoms with van der Waals surface area (Å²) in [6.07, 6.45) is 3.34. The maximum absolute atomic E-state index is 10.1. The molecule has 0 aliphatic rings.